The Morgan fingerprint density at radius 3 is 2.55 bits per heavy atom. The Hall–Kier alpha value is -1.32. The number of hydrogen-bond donors (Lipinski definition) is 1. The Kier molecular flexibility index (Phi) is 5.62. The molecule has 2 nitrogen and oxygen atoms in total. The molecule has 2 aromatic carbocycles. The Labute approximate surface area is 129 Å². The first kappa shape index (κ1) is 15.1. The van der Waals surface area contributed by atoms with Crippen molar-refractivity contribution in [3.8, 4) is 5.75 Å². The summed E-state index contributed by atoms with van der Waals surface area (Å²) in [4.78, 5) is 0. The Morgan fingerprint density at radius 2 is 1.90 bits per heavy atom. The second-order valence-electron chi connectivity index (χ2n) is 4.91. The third-order valence-corrected chi connectivity index (χ3v) is 3.87. The maximum Gasteiger partial charge on any atom is 0.120 e. The second-order valence-corrected chi connectivity index (χ2v) is 5.76. The molecule has 2 rings (SSSR count). The molecule has 0 bridgehead atoms. The van der Waals surface area contributed by atoms with E-state index in [1.807, 2.05) is 31.2 Å². The number of ether oxygens (including phenoxy) is 1. The summed E-state index contributed by atoms with van der Waals surface area (Å²) in [5.74, 6) is 0.884. The van der Waals surface area contributed by atoms with Gasteiger partial charge in [0.15, 0.2) is 0 Å². The van der Waals surface area contributed by atoms with E-state index in [0.717, 1.165) is 35.2 Å². The first-order valence-corrected chi connectivity index (χ1v) is 7.68. The van der Waals surface area contributed by atoms with Gasteiger partial charge in [-0.3, -0.25) is 0 Å². The van der Waals surface area contributed by atoms with Gasteiger partial charge < -0.3 is 10.5 Å². The van der Waals surface area contributed by atoms with Crippen LogP contribution in [0.25, 0.3) is 0 Å². The van der Waals surface area contributed by atoms with Gasteiger partial charge in [0.25, 0.3) is 0 Å². The van der Waals surface area contributed by atoms with Gasteiger partial charge in [-0.2, -0.15) is 0 Å². The predicted octanol–water partition coefficient (Wildman–Crippen LogP) is 4.48. The summed E-state index contributed by atoms with van der Waals surface area (Å²) in [6, 6.07) is 16.5. The molecular formula is C17H20BrNO. The highest BCUT2D eigenvalue weighted by molar-refractivity contribution is 9.10. The minimum Gasteiger partial charge on any atom is -0.494 e. The molecule has 1 atom stereocenters. The monoisotopic (exact) mass is 333 g/mol. The number of hydrogen-bond acceptors (Lipinski definition) is 2. The van der Waals surface area contributed by atoms with Gasteiger partial charge in [0, 0.05) is 10.5 Å². The van der Waals surface area contributed by atoms with Crippen LogP contribution in [0.1, 0.15) is 30.5 Å². The molecular weight excluding hydrogens is 314 g/mol. The molecule has 0 aliphatic carbocycles. The van der Waals surface area contributed by atoms with E-state index in [4.69, 9.17) is 10.5 Å². The molecule has 0 aliphatic heterocycles. The minimum atomic E-state index is 0.0245. The molecule has 0 aliphatic rings. The molecule has 2 N–H and O–H groups in total. The lowest BCUT2D eigenvalue weighted by Gasteiger charge is -2.11. The fourth-order valence-corrected chi connectivity index (χ4v) is 2.80. The molecule has 0 unspecified atom stereocenters. The fourth-order valence-electron chi connectivity index (χ4n) is 2.08. The highest BCUT2D eigenvalue weighted by Crippen LogP contribution is 2.26. The van der Waals surface area contributed by atoms with Crippen LogP contribution in [0.15, 0.2) is 53.0 Å². The van der Waals surface area contributed by atoms with Crippen molar-refractivity contribution in [1.29, 1.82) is 0 Å². The average Bonchev–Trinajstić information content (AvgIpc) is 2.44. The van der Waals surface area contributed by atoms with E-state index in [9.17, 15) is 0 Å². The molecule has 0 spiro atoms. The molecule has 0 saturated carbocycles. The van der Waals surface area contributed by atoms with Gasteiger partial charge in [-0.05, 0) is 43.0 Å². The maximum absolute atomic E-state index is 5.88. The number of benzene rings is 2. The summed E-state index contributed by atoms with van der Waals surface area (Å²) in [6.45, 7) is 2.69. The molecule has 0 saturated heterocycles. The second kappa shape index (κ2) is 7.46. The Morgan fingerprint density at radius 1 is 1.15 bits per heavy atom. The van der Waals surface area contributed by atoms with Crippen molar-refractivity contribution < 1.29 is 4.74 Å². The molecule has 20 heavy (non-hydrogen) atoms. The van der Waals surface area contributed by atoms with Crippen molar-refractivity contribution >= 4 is 15.9 Å². The van der Waals surface area contributed by atoms with E-state index < -0.39 is 0 Å². The molecule has 106 valence electrons. The Balaban J connectivity index is 1.81. The fraction of sp³-hybridized carbons (Fsp3) is 0.294. The van der Waals surface area contributed by atoms with Crippen molar-refractivity contribution in [2.75, 3.05) is 6.61 Å². The number of aryl methyl sites for hydroxylation is 1. The standard InChI is InChI=1S/C17H20BrNO/c1-13(19)16-10-9-15(12-17(16)18)20-11-5-8-14-6-3-2-4-7-14/h2-4,6-7,9-10,12-13H,5,8,11,19H2,1H3/t13-/m0/s1. The van der Waals surface area contributed by atoms with Crippen molar-refractivity contribution in [3.63, 3.8) is 0 Å². The lowest BCUT2D eigenvalue weighted by atomic mass is 10.1. The van der Waals surface area contributed by atoms with Crippen LogP contribution >= 0.6 is 15.9 Å². The number of rotatable bonds is 6. The normalized spacial score (nSPS) is 12.2. The lowest BCUT2D eigenvalue weighted by molar-refractivity contribution is 0.310. The van der Waals surface area contributed by atoms with E-state index in [1.165, 1.54) is 5.56 Å². The van der Waals surface area contributed by atoms with Crippen molar-refractivity contribution in [1.82, 2.24) is 0 Å². The highest BCUT2D eigenvalue weighted by atomic mass is 79.9. The zero-order valence-corrected chi connectivity index (χ0v) is 13.3. The molecule has 2 aromatic rings. The molecule has 3 heteroatoms. The number of nitrogens with two attached hydrogens (primary N) is 1. The molecule has 0 aromatic heterocycles. The van der Waals surface area contributed by atoms with Gasteiger partial charge in [0.1, 0.15) is 5.75 Å². The SMILES string of the molecule is C[C@H](N)c1ccc(OCCCc2ccccc2)cc1Br. The highest BCUT2D eigenvalue weighted by Gasteiger charge is 2.06. The van der Waals surface area contributed by atoms with Gasteiger partial charge in [0.05, 0.1) is 6.61 Å². The van der Waals surface area contributed by atoms with Crippen LogP contribution in [0.3, 0.4) is 0 Å². The number of halogens is 1. The smallest absolute Gasteiger partial charge is 0.120 e. The van der Waals surface area contributed by atoms with Crippen LogP contribution < -0.4 is 10.5 Å². The van der Waals surface area contributed by atoms with Crippen molar-refractivity contribution in [2.24, 2.45) is 5.73 Å². The van der Waals surface area contributed by atoms with Crippen LogP contribution in [0, 0.1) is 0 Å². The summed E-state index contributed by atoms with van der Waals surface area (Å²) in [6.07, 6.45) is 2.05. The third-order valence-electron chi connectivity index (χ3n) is 3.18. The van der Waals surface area contributed by atoms with E-state index in [2.05, 4.69) is 40.2 Å². The molecule has 0 fully saturated rings. The largest absolute Gasteiger partial charge is 0.494 e. The van der Waals surface area contributed by atoms with E-state index >= 15 is 0 Å². The van der Waals surface area contributed by atoms with E-state index in [-0.39, 0.29) is 6.04 Å². The van der Waals surface area contributed by atoms with Gasteiger partial charge >= 0.3 is 0 Å². The van der Waals surface area contributed by atoms with Crippen LogP contribution in [0.2, 0.25) is 0 Å². The van der Waals surface area contributed by atoms with E-state index in [0.29, 0.717) is 0 Å². The van der Waals surface area contributed by atoms with Crippen LogP contribution in [-0.4, -0.2) is 6.61 Å². The predicted molar refractivity (Wildman–Crippen MR) is 87.0 cm³/mol. The minimum absolute atomic E-state index is 0.0245. The first-order chi connectivity index (χ1) is 9.66. The lowest BCUT2D eigenvalue weighted by Crippen LogP contribution is -2.06. The van der Waals surface area contributed by atoms with Crippen molar-refractivity contribution in [2.45, 2.75) is 25.8 Å². The third kappa shape index (κ3) is 4.36. The van der Waals surface area contributed by atoms with Gasteiger partial charge in [0.2, 0.25) is 0 Å². The zero-order valence-electron chi connectivity index (χ0n) is 11.7. The maximum atomic E-state index is 5.88. The van der Waals surface area contributed by atoms with Crippen LogP contribution in [0.5, 0.6) is 5.75 Å². The topological polar surface area (TPSA) is 35.2 Å². The van der Waals surface area contributed by atoms with Gasteiger partial charge in [-0.25, -0.2) is 0 Å². The molecule has 0 heterocycles. The summed E-state index contributed by atoms with van der Waals surface area (Å²) >= 11 is 3.53. The summed E-state index contributed by atoms with van der Waals surface area (Å²) < 4.78 is 6.78. The van der Waals surface area contributed by atoms with Crippen molar-refractivity contribution in [3.05, 3.63) is 64.1 Å². The average molecular weight is 334 g/mol. The molecule has 0 amide bonds. The molecule has 0 radical (unpaired) electrons. The summed E-state index contributed by atoms with van der Waals surface area (Å²) in [7, 11) is 0. The van der Waals surface area contributed by atoms with Gasteiger partial charge in [-0.15, -0.1) is 0 Å². The van der Waals surface area contributed by atoms with Crippen LogP contribution in [-0.2, 0) is 6.42 Å². The quantitative estimate of drug-likeness (QED) is 0.791. The van der Waals surface area contributed by atoms with Crippen LogP contribution in [0.4, 0.5) is 0 Å². The first-order valence-electron chi connectivity index (χ1n) is 6.88. The van der Waals surface area contributed by atoms with Gasteiger partial charge in [-0.1, -0.05) is 52.3 Å². The zero-order chi connectivity index (χ0) is 14.4. The summed E-state index contributed by atoms with van der Waals surface area (Å²) in [5.41, 5.74) is 8.33. The summed E-state index contributed by atoms with van der Waals surface area (Å²) in [5, 5.41) is 0. The Bertz CT molecular complexity index is 540. The van der Waals surface area contributed by atoms with E-state index in [1.54, 1.807) is 0 Å².